The van der Waals surface area contributed by atoms with Crippen molar-refractivity contribution in [2.75, 3.05) is 13.2 Å². The van der Waals surface area contributed by atoms with Crippen LogP contribution in [0.25, 0.3) is 0 Å². The van der Waals surface area contributed by atoms with Crippen LogP contribution in [0.15, 0.2) is 78.9 Å². The number of amides is 2. The van der Waals surface area contributed by atoms with E-state index in [4.69, 9.17) is 27.9 Å². The van der Waals surface area contributed by atoms with Crippen LogP contribution in [0.2, 0.25) is 10.0 Å². The molecule has 3 aromatic rings. The van der Waals surface area contributed by atoms with Gasteiger partial charge in [-0.1, -0.05) is 79.5 Å². The lowest BCUT2D eigenvalue weighted by Gasteiger charge is -2.32. The Balaban J connectivity index is 1.78. The summed E-state index contributed by atoms with van der Waals surface area (Å²) >= 11 is 12.2. The lowest BCUT2D eigenvalue weighted by molar-refractivity contribution is -0.141. The van der Waals surface area contributed by atoms with Gasteiger partial charge >= 0.3 is 0 Å². The van der Waals surface area contributed by atoms with Crippen LogP contribution in [0, 0.1) is 5.92 Å². The molecule has 0 saturated heterocycles. The first-order valence-corrected chi connectivity index (χ1v) is 13.3. The fraction of sp³-hybridized carbons (Fsp3) is 0.333. The van der Waals surface area contributed by atoms with Gasteiger partial charge < -0.3 is 15.0 Å². The van der Waals surface area contributed by atoms with Crippen molar-refractivity contribution in [2.24, 2.45) is 5.92 Å². The Morgan fingerprint density at radius 1 is 0.892 bits per heavy atom. The molecule has 1 atom stereocenters. The number of hydrogen-bond donors (Lipinski definition) is 1. The average molecular weight is 542 g/mol. The summed E-state index contributed by atoms with van der Waals surface area (Å²) in [4.78, 5) is 28.7. The first kappa shape index (κ1) is 28.5. The van der Waals surface area contributed by atoms with Crippen LogP contribution in [0.3, 0.4) is 0 Å². The molecule has 0 spiro atoms. The summed E-state index contributed by atoms with van der Waals surface area (Å²) in [5, 5.41) is 4.26. The Morgan fingerprint density at radius 2 is 1.59 bits per heavy atom. The van der Waals surface area contributed by atoms with Gasteiger partial charge in [-0.2, -0.15) is 0 Å². The van der Waals surface area contributed by atoms with Crippen LogP contribution in [0.1, 0.15) is 37.8 Å². The van der Waals surface area contributed by atoms with Crippen molar-refractivity contribution >= 4 is 35.0 Å². The van der Waals surface area contributed by atoms with E-state index in [0.717, 1.165) is 11.1 Å². The predicted octanol–water partition coefficient (Wildman–Crippen LogP) is 6.56. The summed E-state index contributed by atoms with van der Waals surface area (Å²) in [6, 6.07) is 23.6. The van der Waals surface area contributed by atoms with E-state index in [1.54, 1.807) is 35.2 Å². The molecule has 7 heteroatoms. The van der Waals surface area contributed by atoms with E-state index in [0.29, 0.717) is 47.7 Å². The van der Waals surface area contributed by atoms with Crippen molar-refractivity contribution in [1.29, 1.82) is 0 Å². The normalized spacial score (nSPS) is 11.7. The molecule has 1 N–H and O–H groups in total. The quantitative estimate of drug-likeness (QED) is 0.249. The maximum atomic E-state index is 13.6. The number of nitrogens with zero attached hydrogens (tertiary/aromatic N) is 1. The second kappa shape index (κ2) is 14.7. The largest absolute Gasteiger partial charge is 0.494 e. The Kier molecular flexibility index (Phi) is 11.3. The number of hydrogen-bond acceptors (Lipinski definition) is 3. The third-order valence-electron chi connectivity index (χ3n) is 5.81. The van der Waals surface area contributed by atoms with Crippen molar-refractivity contribution in [1.82, 2.24) is 10.2 Å². The minimum Gasteiger partial charge on any atom is -0.494 e. The second-order valence-electron chi connectivity index (χ2n) is 9.40. The molecule has 0 bridgehead atoms. The minimum absolute atomic E-state index is 0.111. The smallest absolute Gasteiger partial charge is 0.243 e. The summed E-state index contributed by atoms with van der Waals surface area (Å²) in [6.07, 6.45) is 1.18. The van der Waals surface area contributed by atoms with Crippen molar-refractivity contribution in [3.63, 3.8) is 0 Å². The summed E-state index contributed by atoms with van der Waals surface area (Å²) in [5.41, 5.74) is 1.86. The fourth-order valence-corrected chi connectivity index (χ4v) is 4.24. The zero-order valence-electron chi connectivity index (χ0n) is 21.3. The molecule has 0 fully saturated rings. The third-order valence-corrected chi connectivity index (χ3v) is 6.30. The molecule has 0 aliphatic rings. The third kappa shape index (κ3) is 9.75. The van der Waals surface area contributed by atoms with Gasteiger partial charge in [0.05, 0.1) is 6.61 Å². The van der Waals surface area contributed by atoms with E-state index in [9.17, 15) is 9.59 Å². The molecular formula is C30H34Cl2N2O3. The SMILES string of the molecule is CC(C)CNC(=O)C(Cc1ccccc1)N(Cc1cccc(Cl)c1)C(=O)CCCOc1ccc(Cl)cc1. The number of carbonyl (C=O) groups excluding carboxylic acids is 2. The zero-order chi connectivity index (χ0) is 26.6. The van der Waals surface area contributed by atoms with Gasteiger partial charge in [0.25, 0.3) is 0 Å². The maximum absolute atomic E-state index is 13.6. The van der Waals surface area contributed by atoms with Gasteiger partial charge in [0.2, 0.25) is 11.8 Å². The Labute approximate surface area is 229 Å². The van der Waals surface area contributed by atoms with Gasteiger partial charge in [0.15, 0.2) is 0 Å². The highest BCUT2D eigenvalue weighted by atomic mass is 35.5. The molecule has 0 aromatic heterocycles. The molecule has 0 radical (unpaired) electrons. The van der Waals surface area contributed by atoms with E-state index >= 15 is 0 Å². The highest BCUT2D eigenvalue weighted by Gasteiger charge is 2.30. The number of nitrogens with one attached hydrogen (secondary N) is 1. The standard InChI is InChI=1S/C30H34Cl2N2O3/c1-22(2)20-33-30(36)28(19-23-8-4-3-5-9-23)34(21-24-10-6-11-26(32)18-24)29(35)12-7-17-37-27-15-13-25(31)14-16-27/h3-6,8-11,13-16,18,22,28H,7,12,17,19-21H2,1-2H3,(H,33,36). The summed E-state index contributed by atoms with van der Waals surface area (Å²) in [6.45, 7) is 5.29. The van der Waals surface area contributed by atoms with E-state index in [1.165, 1.54) is 0 Å². The zero-order valence-corrected chi connectivity index (χ0v) is 22.8. The summed E-state index contributed by atoms with van der Waals surface area (Å²) in [5.74, 6) is 0.719. The van der Waals surface area contributed by atoms with E-state index in [2.05, 4.69) is 5.32 Å². The van der Waals surface area contributed by atoms with Crippen LogP contribution in [-0.4, -0.2) is 35.9 Å². The van der Waals surface area contributed by atoms with Gasteiger partial charge in [-0.25, -0.2) is 0 Å². The molecular weight excluding hydrogens is 507 g/mol. The van der Waals surface area contributed by atoms with Crippen LogP contribution in [0.5, 0.6) is 5.75 Å². The number of rotatable bonds is 13. The summed E-state index contributed by atoms with van der Waals surface area (Å²) < 4.78 is 5.77. The van der Waals surface area contributed by atoms with Crippen LogP contribution >= 0.6 is 23.2 Å². The van der Waals surface area contributed by atoms with Gasteiger partial charge in [0.1, 0.15) is 11.8 Å². The van der Waals surface area contributed by atoms with E-state index < -0.39 is 6.04 Å². The van der Waals surface area contributed by atoms with E-state index in [-0.39, 0.29) is 24.8 Å². The first-order valence-electron chi connectivity index (χ1n) is 12.6. The molecule has 3 rings (SSSR count). The number of benzene rings is 3. The Morgan fingerprint density at radius 3 is 2.27 bits per heavy atom. The lowest BCUT2D eigenvalue weighted by atomic mass is 10.0. The molecule has 37 heavy (non-hydrogen) atoms. The molecule has 3 aromatic carbocycles. The van der Waals surface area contributed by atoms with Crippen molar-refractivity contribution in [3.05, 3.63) is 100 Å². The van der Waals surface area contributed by atoms with Crippen molar-refractivity contribution in [3.8, 4) is 5.75 Å². The lowest BCUT2D eigenvalue weighted by Crippen LogP contribution is -2.51. The second-order valence-corrected chi connectivity index (χ2v) is 10.3. The van der Waals surface area contributed by atoms with Gasteiger partial charge in [-0.15, -0.1) is 0 Å². The van der Waals surface area contributed by atoms with Crippen molar-refractivity contribution in [2.45, 2.75) is 45.7 Å². The molecule has 0 aliphatic heterocycles. The van der Waals surface area contributed by atoms with Crippen molar-refractivity contribution < 1.29 is 14.3 Å². The first-order chi connectivity index (χ1) is 17.8. The number of carbonyl (C=O) groups is 2. The maximum Gasteiger partial charge on any atom is 0.243 e. The molecule has 1 unspecified atom stereocenters. The Bertz CT molecular complexity index is 1140. The number of ether oxygens (including phenoxy) is 1. The molecule has 196 valence electrons. The molecule has 2 amide bonds. The minimum atomic E-state index is -0.662. The predicted molar refractivity (Wildman–Crippen MR) is 150 cm³/mol. The monoisotopic (exact) mass is 540 g/mol. The number of halogens is 2. The van der Waals surface area contributed by atoms with Gasteiger partial charge in [-0.05, 0) is 59.9 Å². The molecule has 5 nitrogen and oxygen atoms in total. The van der Waals surface area contributed by atoms with Crippen LogP contribution in [-0.2, 0) is 22.6 Å². The topological polar surface area (TPSA) is 58.6 Å². The molecule has 0 aliphatic carbocycles. The Hall–Kier alpha value is -3.02. The highest BCUT2D eigenvalue weighted by molar-refractivity contribution is 6.30. The highest BCUT2D eigenvalue weighted by Crippen LogP contribution is 2.20. The van der Waals surface area contributed by atoms with Crippen LogP contribution < -0.4 is 10.1 Å². The molecule has 0 saturated carbocycles. The molecule has 0 heterocycles. The van der Waals surface area contributed by atoms with Gasteiger partial charge in [0, 0.05) is 36.0 Å². The van der Waals surface area contributed by atoms with E-state index in [1.807, 2.05) is 62.4 Å². The average Bonchev–Trinajstić information content (AvgIpc) is 2.88. The fourth-order valence-electron chi connectivity index (χ4n) is 3.90. The summed E-state index contributed by atoms with van der Waals surface area (Å²) in [7, 11) is 0. The van der Waals surface area contributed by atoms with Crippen LogP contribution in [0.4, 0.5) is 0 Å². The van der Waals surface area contributed by atoms with Gasteiger partial charge in [-0.3, -0.25) is 9.59 Å².